The Labute approximate surface area is 107 Å². The monoisotopic (exact) mass is 295 g/mol. The lowest BCUT2D eigenvalue weighted by Gasteiger charge is -2.10. The van der Waals surface area contributed by atoms with Crippen molar-refractivity contribution in [3.63, 3.8) is 0 Å². The summed E-state index contributed by atoms with van der Waals surface area (Å²) in [5.41, 5.74) is 0.819. The minimum atomic E-state index is -0.257. The zero-order valence-corrected chi connectivity index (χ0v) is 10.6. The maximum atomic E-state index is 13.0. The van der Waals surface area contributed by atoms with E-state index in [4.69, 9.17) is 0 Å². The Morgan fingerprint density at radius 3 is 2.94 bits per heavy atom. The Morgan fingerprint density at radius 2 is 2.24 bits per heavy atom. The fraction of sp³-hybridized carbons (Fsp3) is 0.250. The van der Waals surface area contributed by atoms with Gasteiger partial charge in [0, 0.05) is 22.9 Å². The Kier molecular flexibility index (Phi) is 2.63. The molecule has 1 aliphatic carbocycles. The number of hydrogen-bond donors (Lipinski definition) is 1. The third-order valence-corrected chi connectivity index (χ3v) is 3.44. The van der Waals surface area contributed by atoms with Crippen LogP contribution in [-0.4, -0.2) is 9.55 Å². The SMILES string of the molecule is Fc1ccc(Nc2nccn2C2CC2)c(Br)c1. The number of imidazole rings is 1. The summed E-state index contributed by atoms with van der Waals surface area (Å²) in [4.78, 5) is 4.27. The minimum Gasteiger partial charge on any atom is -0.325 e. The number of aromatic nitrogens is 2. The van der Waals surface area contributed by atoms with E-state index in [0.29, 0.717) is 10.5 Å². The molecule has 0 radical (unpaired) electrons. The lowest BCUT2D eigenvalue weighted by atomic mass is 10.3. The number of halogens is 2. The van der Waals surface area contributed by atoms with Crippen LogP contribution in [0.5, 0.6) is 0 Å². The molecule has 0 unspecified atom stereocenters. The minimum absolute atomic E-state index is 0.257. The Morgan fingerprint density at radius 1 is 1.41 bits per heavy atom. The van der Waals surface area contributed by atoms with Crippen LogP contribution in [0.2, 0.25) is 0 Å². The smallest absolute Gasteiger partial charge is 0.207 e. The Balaban J connectivity index is 1.88. The average molecular weight is 296 g/mol. The van der Waals surface area contributed by atoms with Crippen molar-refractivity contribution in [1.82, 2.24) is 9.55 Å². The quantitative estimate of drug-likeness (QED) is 0.932. The van der Waals surface area contributed by atoms with Gasteiger partial charge in [-0.1, -0.05) is 0 Å². The number of benzene rings is 1. The number of rotatable bonds is 3. The second kappa shape index (κ2) is 4.14. The maximum Gasteiger partial charge on any atom is 0.207 e. The van der Waals surface area contributed by atoms with Crippen molar-refractivity contribution in [2.45, 2.75) is 18.9 Å². The normalized spacial score (nSPS) is 14.9. The van der Waals surface area contributed by atoms with Gasteiger partial charge in [0.15, 0.2) is 0 Å². The topological polar surface area (TPSA) is 29.9 Å². The first kappa shape index (κ1) is 10.8. The molecule has 0 aliphatic heterocycles. The molecule has 5 heteroatoms. The van der Waals surface area contributed by atoms with Gasteiger partial charge in [0.1, 0.15) is 5.82 Å². The first-order valence-electron chi connectivity index (χ1n) is 5.49. The first-order valence-corrected chi connectivity index (χ1v) is 6.28. The molecule has 0 bridgehead atoms. The van der Waals surface area contributed by atoms with Crippen LogP contribution >= 0.6 is 15.9 Å². The second-order valence-electron chi connectivity index (χ2n) is 4.14. The van der Waals surface area contributed by atoms with Crippen LogP contribution in [0.4, 0.5) is 16.0 Å². The average Bonchev–Trinajstić information content (AvgIpc) is 3.03. The number of hydrogen-bond acceptors (Lipinski definition) is 2. The van der Waals surface area contributed by atoms with Gasteiger partial charge in [-0.15, -0.1) is 0 Å². The van der Waals surface area contributed by atoms with E-state index in [9.17, 15) is 4.39 Å². The van der Waals surface area contributed by atoms with Gasteiger partial charge < -0.3 is 9.88 Å². The zero-order chi connectivity index (χ0) is 11.8. The zero-order valence-electron chi connectivity index (χ0n) is 9.03. The molecule has 0 amide bonds. The third kappa shape index (κ3) is 2.20. The molecule has 3 rings (SSSR count). The van der Waals surface area contributed by atoms with Crippen molar-refractivity contribution in [3.05, 3.63) is 40.9 Å². The molecule has 1 saturated carbocycles. The fourth-order valence-corrected chi connectivity index (χ4v) is 2.22. The predicted molar refractivity (Wildman–Crippen MR) is 67.9 cm³/mol. The van der Waals surface area contributed by atoms with Crippen LogP contribution in [-0.2, 0) is 0 Å². The number of nitrogens with zero attached hydrogens (tertiary/aromatic N) is 2. The summed E-state index contributed by atoms with van der Waals surface area (Å²) in [5.74, 6) is 0.549. The van der Waals surface area contributed by atoms with Crippen LogP contribution in [0.15, 0.2) is 35.1 Å². The van der Waals surface area contributed by atoms with Gasteiger partial charge in [0.05, 0.1) is 5.69 Å². The van der Waals surface area contributed by atoms with E-state index < -0.39 is 0 Å². The van der Waals surface area contributed by atoms with E-state index in [2.05, 4.69) is 30.8 Å². The van der Waals surface area contributed by atoms with Gasteiger partial charge in [-0.2, -0.15) is 0 Å². The summed E-state index contributed by atoms with van der Waals surface area (Å²) in [6.45, 7) is 0. The maximum absolute atomic E-state index is 13.0. The highest BCUT2D eigenvalue weighted by Crippen LogP contribution is 2.37. The van der Waals surface area contributed by atoms with Crippen molar-refractivity contribution >= 4 is 27.6 Å². The fourth-order valence-electron chi connectivity index (χ4n) is 1.77. The van der Waals surface area contributed by atoms with Crippen molar-refractivity contribution in [1.29, 1.82) is 0 Å². The highest BCUT2D eigenvalue weighted by molar-refractivity contribution is 9.10. The molecule has 2 aromatic rings. The predicted octanol–water partition coefficient (Wildman–Crippen LogP) is 3.86. The van der Waals surface area contributed by atoms with E-state index in [1.54, 1.807) is 12.3 Å². The highest BCUT2D eigenvalue weighted by Gasteiger charge is 2.25. The molecule has 88 valence electrons. The summed E-state index contributed by atoms with van der Waals surface area (Å²) in [6.07, 6.45) is 6.15. The van der Waals surface area contributed by atoms with Crippen molar-refractivity contribution in [2.75, 3.05) is 5.32 Å². The van der Waals surface area contributed by atoms with Crippen molar-refractivity contribution in [2.24, 2.45) is 0 Å². The summed E-state index contributed by atoms with van der Waals surface area (Å²) in [7, 11) is 0. The summed E-state index contributed by atoms with van der Waals surface area (Å²) in [5, 5.41) is 3.21. The molecule has 0 saturated heterocycles. The molecule has 1 fully saturated rings. The number of nitrogens with one attached hydrogen (secondary N) is 1. The molecule has 1 aliphatic rings. The van der Waals surface area contributed by atoms with E-state index in [0.717, 1.165) is 11.6 Å². The first-order chi connectivity index (χ1) is 8.24. The van der Waals surface area contributed by atoms with Gasteiger partial charge in [0.2, 0.25) is 5.95 Å². The lowest BCUT2D eigenvalue weighted by Crippen LogP contribution is -2.01. The van der Waals surface area contributed by atoms with Crippen LogP contribution in [0.25, 0.3) is 0 Å². The summed E-state index contributed by atoms with van der Waals surface area (Å²) in [6, 6.07) is 5.13. The Bertz CT molecular complexity index is 548. The van der Waals surface area contributed by atoms with E-state index in [1.807, 2.05) is 6.20 Å². The van der Waals surface area contributed by atoms with Crippen LogP contribution in [0.1, 0.15) is 18.9 Å². The van der Waals surface area contributed by atoms with Crippen LogP contribution in [0, 0.1) is 5.82 Å². The molecule has 1 N–H and O–H groups in total. The van der Waals surface area contributed by atoms with Gasteiger partial charge >= 0.3 is 0 Å². The lowest BCUT2D eigenvalue weighted by molar-refractivity contribution is 0.627. The molecule has 1 aromatic carbocycles. The molecule has 17 heavy (non-hydrogen) atoms. The standard InChI is InChI=1S/C12H11BrFN3/c13-10-7-8(14)1-4-11(10)16-12-15-5-6-17(12)9-2-3-9/h1,4-7,9H,2-3H2,(H,15,16). The third-order valence-electron chi connectivity index (χ3n) is 2.79. The van der Waals surface area contributed by atoms with E-state index >= 15 is 0 Å². The van der Waals surface area contributed by atoms with Crippen LogP contribution in [0.3, 0.4) is 0 Å². The van der Waals surface area contributed by atoms with Crippen molar-refractivity contribution < 1.29 is 4.39 Å². The largest absolute Gasteiger partial charge is 0.325 e. The molecular formula is C12H11BrFN3. The van der Waals surface area contributed by atoms with E-state index in [1.165, 1.54) is 25.0 Å². The highest BCUT2D eigenvalue weighted by atomic mass is 79.9. The molecule has 1 heterocycles. The Hall–Kier alpha value is -1.36. The van der Waals surface area contributed by atoms with Gasteiger partial charge in [-0.3, -0.25) is 0 Å². The number of anilines is 2. The van der Waals surface area contributed by atoms with Gasteiger partial charge in [-0.05, 0) is 47.0 Å². The molecular weight excluding hydrogens is 285 g/mol. The molecule has 0 spiro atoms. The van der Waals surface area contributed by atoms with Gasteiger partial charge in [-0.25, -0.2) is 9.37 Å². The van der Waals surface area contributed by atoms with E-state index in [-0.39, 0.29) is 5.82 Å². The molecule has 0 atom stereocenters. The summed E-state index contributed by atoms with van der Waals surface area (Å²) < 4.78 is 15.8. The molecule has 3 nitrogen and oxygen atoms in total. The summed E-state index contributed by atoms with van der Waals surface area (Å²) >= 11 is 3.33. The van der Waals surface area contributed by atoms with Crippen molar-refractivity contribution in [3.8, 4) is 0 Å². The van der Waals surface area contributed by atoms with Crippen LogP contribution < -0.4 is 5.32 Å². The second-order valence-corrected chi connectivity index (χ2v) is 4.99. The molecule has 1 aromatic heterocycles. The van der Waals surface area contributed by atoms with Gasteiger partial charge in [0.25, 0.3) is 0 Å².